The van der Waals surface area contributed by atoms with Gasteiger partial charge in [-0.05, 0) is 173 Å². The lowest BCUT2D eigenvalue weighted by molar-refractivity contribution is -0.109. The van der Waals surface area contributed by atoms with Crippen LogP contribution in [0.15, 0.2) is 65.6 Å². The maximum Gasteiger partial charge on any atom is 0.190 e. The van der Waals surface area contributed by atoms with Crippen LogP contribution in [0.4, 0.5) is 17.6 Å². The van der Waals surface area contributed by atoms with Crippen molar-refractivity contribution >= 4 is 63.2 Å². The van der Waals surface area contributed by atoms with Gasteiger partial charge in [0.1, 0.15) is 0 Å². The summed E-state index contributed by atoms with van der Waals surface area (Å²) < 4.78 is 65.4. The average molecular weight is 887 g/mol. The van der Waals surface area contributed by atoms with Crippen molar-refractivity contribution in [2.24, 2.45) is 0 Å². The van der Waals surface area contributed by atoms with Gasteiger partial charge in [0.05, 0.1) is 33.2 Å². The largest absolute Gasteiger partial charge is 0.354 e. The summed E-state index contributed by atoms with van der Waals surface area (Å²) in [5.74, 6) is -6.60. The number of rotatable bonds is 5. The summed E-state index contributed by atoms with van der Waals surface area (Å²) >= 11 is 0.0978. The van der Waals surface area contributed by atoms with E-state index in [0.29, 0.717) is 33.8 Å². The number of benzene rings is 4. The lowest BCUT2D eigenvalue weighted by Crippen LogP contribution is -2.04. The van der Waals surface area contributed by atoms with Gasteiger partial charge in [0.25, 0.3) is 0 Å². The Bertz CT molecular complexity index is 3230. The molecule has 2 aliphatic heterocycles. The van der Waals surface area contributed by atoms with Gasteiger partial charge in [0.15, 0.2) is 28.4 Å². The molecule has 0 fully saturated rings. The lowest BCUT2D eigenvalue weighted by Gasteiger charge is -2.15. The van der Waals surface area contributed by atoms with Gasteiger partial charge >= 0.3 is 0 Å². The highest BCUT2D eigenvalue weighted by Crippen LogP contribution is 2.44. The maximum atomic E-state index is 16.7. The Morgan fingerprint density at radius 3 is 1.03 bits per heavy atom. The van der Waals surface area contributed by atoms with Crippen molar-refractivity contribution in [1.82, 2.24) is 19.9 Å². The first kappa shape index (κ1) is 43.5. The number of carbonyl (C=O) groups is 1. The molecule has 0 amide bonds. The molecule has 2 N–H and O–H groups in total. The Morgan fingerprint density at radius 1 is 0.415 bits per heavy atom. The Morgan fingerprint density at radius 2 is 0.708 bits per heavy atom. The van der Waals surface area contributed by atoms with Gasteiger partial charge in [-0.3, -0.25) is 4.79 Å². The molecule has 7 aromatic rings. The SMILES string of the molecule is CC(=O)Sc1c(F)c(F)c(-c2c3ccc([nH]3)c(-c3c(C)cc(C)cc3C)c3nc(c(-c4c(C)cc(C)cc4C)c4nc(c(-c5c(C)cc(C)cc5C)c5ccc2[nH]5)C=C4)C=C3)c(F)c1F. The first-order valence-electron chi connectivity index (χ1n) is 21.4. The molecule has 3 aromatic heterocycles. The van der Waals surface area contributed by atoms with E-state index in [0.717, 1.165) is 90.4 Å². The van der Waals surface area contributed by atoms with Crippen LogP contribution in [0.5, 0.6) is 0 Å². The van der Waals surface area contributed by atoms with E-state index in [1.807, 2.05) is 65.8 Å². The van der Waals surface area contributed by atoms with Crippen molar-refractivity contribution < 1.29 is 22.4 Å². The number of aryl methyl sites for hydroxylation is 9. The first-order valence-corrected chi connectivity index (χ1v) is 22.2. The van der Waals surface area contributed by atoms with Crippen LogP contribution in [-0.2, 0) is 4.79 Å². The van der Waals surface area contributed by atoms with Crippen molar-refractivity contribution in [2.75, 3.05) is 0 Å². The van der Waals surface area contributed by atoms with Crippen molar-refractivity contribution in [2.45, 2.75) is 74.1 Å². The minimum atomic E-state index is -1.67. The molecule has 0 spiro atoms. The van der Waals surface area contributed by atoms with Crippen molar-refractivity contribution in [3.05, 3.63) is 157 Å². The number of hydrogen-bond acceptors (Lipinski definition) is 4. The lowest BCUT2D eigenvalue weighted by atomic mass is 9.92. The van der Waals surface area contributed by atoms with Crippen LogP contribution >= 0.6 is 11.8 Å². The zero-order chi connectivity index (χ0) is 46.3. The van der Waals surface area contributed by atoms with E-state index in [1.54, 1.807) is 24.3 Å². The number of nitrogens with zero attached hydrogens (tertiary/aromatic N) is 2. The summed E-state index contributed by atoms with van der Waals surface area (Å²) in [6, 6.07) is 19.6. The third-order valence-electron chi connectivity index (χ3n) is 12.3. The number of H-pyrrole nitrogens is 2. The molecule has 0 atom stereocenters. The van der Waals surface area contributed by atoms with E-state index in [2.05, 4.69) is 67.1 Å². The zero-order valence-electron chi connectivity index (χ0n) is 37.8. The highest BCUT2D eigenvalue weighted by molar-refractivity contribution is 8.13. The smallest absolute Gasteiger partial charge is 0.190 e. The molecule has 0 unspecified atom stereocenters. The number of thioether (sulfide) groups is 1. The third kappa shape index (κ3) is 7.43. The van der Waals surface area contributed by atoms with Crippen LogP contribution in [0.2, 0.25) is 0 Å². The van der Waals surface area contributed by atoms with Crippen LogP contribution < -0.4 is 0 Å². The monoisotopic (exact) mass is 886 g/mol. The summed E-state index contributed by atoms with van der Waals surface area (Å²) in [4.78, 5) is 28.7. The minimum absolute atomic E-state index is 0.0978. The van der Waals surface area contributed by atoms with Crippen LogP contribution in [0.25, 0.3) is 90.9 Å². The topological polar surface area (TPSA) is 74.4 Å². The molecule has 4 aromatic carbocycles. The second-order valence-corrected chi connectivity index (χ2v) is 18.6. The van der Waals surface area contributed by atoms with Crippen molar-refractivity contribution in [3.8, 4) is 44.5 Å². The van der Waals surface area contributed by atoms with Gasteiger partial charge in [0, 0.05) is 51.2 Å². The fourth-order valence-electron chi connectivity index (χ4n) is 10.0. The maximum absolute atomic E-state index is 16.7. The number of nitrogens with one attached hydrogen (secondary N) is 2. The molecule has 10 heteroatoms. The Balaban J connectivity index is 1.54. The van der Waals surface area contributed by atoms with E-state index in [9.17, 15) is 4.79 Å². The molecule has 2 aliphatic rings. The Labute approximate surface area is 379 Å². The van der Waals surface area contributed by atoms with E-state index in [-0.39, 0.29) is 28.4 Å². The summed E-state index contributed by atoms with van der Waals surface area (Å²) in [5, 5.41) is -0.730. The van der Waals surface area contributed by atoms with Gasteiger partial charge in [-0.2, -0.15) is 0 Å². The minimum Gasteiger partial charge on any atom is -0.354 e. The van der Waals surface area contributed by atoms with Gasteiger partial charge in [-0.1, -0.05) is 53.1 Å². The molecule has 9 rings (SSSR count). The highest BCUT2D eigenvalue weighted by atomic mass is 32.2. The summed E-state index contributed by atoms with van der Waals surface area (Å²) in [5.41, 5.74) is 17.5. The van der Waals surface area contributed by atoms with Crippen LogP contribution in [0.1, 0.15) is 79.8 Å². The second kappa shape index (κ2) is 16.3. The molecule has 5 heterocycles. The van der Waals surface area contributed by atoms with E-state index < -0.39 is 38.8 Å². The quantitative estimate of drug-likeness (QED) is 0.103. The second-order valence-electron chi connectivity index (χ2n) is 17.4. The highest BCUT2D eigenvalue weighted by Gasteiger charge is 2.30. The van der Waals surface area contributed by atoms with E-state index in [1.165, 1.54) is 0 Å². The standard InChI is InChI=1S/C55H46F4N4OS/c1-25-19-28(4)43(29(5)20-25)46-35-11-13-37(60-35)47(44-30(6)21-26(2)22-31(44)7)39-15-17-41(62-39)49(50-51(56)53(58)55(65-34(10)64)54(59)52(50)57)42-18-16-40(63-42)48(38-14-12-36(46)61-38)45-32(8)23-27(3)24-33(45)9/h11-24,62-63H,1-10H3. The van der Waals surface area contributed by atoms with Gasteiger partial charge in [0.2, 0.25) is 0 Å². The molecule has 65 heavy (non-hydrogen) atoms. The molecule has 0 saturated heterocycles. The molecule has 326 valence electrons. The number of fused-ring (bicyclic) bond motifs is 8. The Kier molecular flexibility index (Phi) is 10.9. The predicted molar refractivity (Wildman–Crippen MR) is 260 cm³/mol. The van der Waals surface area contributed by atoms with Crippen molar-refractivity contribution in [3.63, 3.8) is 0 Å². The van der Waals surface area contributed by atoms with Gasteiger partial charge < -0.3 is 9.97 Å². The molecular formula is C55H46F4N4OS. The predicted octanol–water partition coefficient (Wildman–Crippen LogP) is 15.3. The van der Waals surface area contributed by atoms with Crippen molar-refractivity contribution in [1.29, 1.82) is 0 Å². The molecule has 0 saturated carbocycles. The molecular weight excluding hydrogens is 841 g/mol. The molecule has 8 bridgehead atoms. The van der Waals surface area contributed by atoms with Crippen LogP contribution in [0, 0.1) is 85.6 Å². The Hall–Kier alpha value is -6.78. The third-order valence-corrected chi connectivity index (χ3v) is 13.1. The van der Waals surface area contributed by atoms with Gasteiger partial charge in [-0.15, -0.1) is 0 Å². The van der Waals surface area contributed by atoms with Crippen LogP contribution in [-0.4, -0.2) is 25.1 Å². The van der Waals surface area contributed by atoms with Crippen LogP contribution in [0.3, 0.4) is 0 Å². The summed E-state index contributed by atoms with van der Waals surface area (Å²) in [6.07, 6.45) is 7.95. The number of aromatic nitrogens is 4. The fourth-order valence-corrected chi connectivity index (χ4v) is 10.7. The average Bonchev–Trinajstić information content (AvgIpc) is 4.07. The number of aromatic amines is 2. The summed E-state index contributed by atoms with van der Waals surface area (Å²) in [7, 11) is 0. The molecule has 0 aliphatic carbocycles. The molecule has 5 nitrogen and oxygen atoms in total. The number of halogens is 4. The van der Waals surface area contributed by atoms with E-state index in [4.69, 9.17) is 9.97 Å². The molecule has 0 radical (unpaired) electrons. The first-order chi connectivity index (χ1) is 30.9. The normalized spacial score (nSPS) is 12.2. The van der Waals surface area contributed by atoms with Gasteiger partial charge in [-0.25, -0.2) is 27.5 Å². The number of hydrogen-bond donors (Lipinski definition) is 2. The number of carbonyl (C=O) groups excluding carboxylic acids is 1. The fraction of sp³-hybridized carbons (Fsp3) is 0.182. The summed E-state index contributed by atoms with van der Waals surface area (Å²) in [6.45, 7) is 19.6. The zero-order valence-corrected chi connectivity index (χ0v) is 38.6. The van der Waals surface area contributed by atoms with E-state index >= 15 is 17.6 Å².